The van der Waals surface area contributed by atoms with E-state index in [9.17, 15) is 26.4 Å². The van der Waals surface area contributed by atoms with Crippen LogP contribution in [-0.4, -0.2) is 36.6 Å². The van der Waals surface area contributed by atoms with Crippen molar-refractivity contribution in [2.75, 3.05) is 6.54 Å². The van der Waals surface area contributed by atoms with E-state index in [1.165, 1.54) is 10.8 Å². The maximum absolute atomic E-state index is 12.7. The van der Waals surface area contributed by atoms with Gasteiger partial charge in [-0.1, -0.05) is 65.7 Å². The Morgan fingerprint density at radius 2 is 1.62 bits per heavy atom. The zero-order valence-corrected chi connectivity index (χ0v) is 21.2. The first-order valence-corrected chi connectivity index (χ1v) is 12.8. The van der Waals surface area contributed by atoms with Crippen molar-refractivity contribution in [2.24, 2.45) is 0 Å². The first-order chi connectivity index (χ1) is 17.5. The van der Waals surface area contributed by atoms with Gasteiger partial charge in [-0.15, -0.1) is 0 Å². The predicted octanol–water partition coefficient (Wildman–Crippen LogP) is 5.92. The average Bonchev–Trinajstić information content (AvgIpc) is 3.27. The Kier molecular flexibility index (Phi) is 7.91. The summed E-state index contributed by atoms with van der Waals surface area (Å²) in [6, 6.07) is 19.0. The van der Waals surface area contributed by atoms with Gasteiger partial charge in [0.2, 0.25) is 0 Å². The molecule has 0 saturated heterocycles. The van der Waals surface area contributed by atoms with Crippen molar-refractivity contribution in [3.05, 3.63) is 94.2 Å². The molecule has 3 aromatic carbocycles. The summed E-state index contributed by atoms with van der Waals surface area (Å²) in [4.78, 5) is 16.8. The topological polar surface area (TPSA) is 81.1 Å². The van der Waals surface area contributed by atoms with Crippen molar-refractivity contribution in [3.8, 4) is 28.2 Å². The number of alkyl halides is 3. The zero-order chi connectivity index (χ0) is 26.7. The fourth-order valence-electron chi connectivity index (χ4n) is 3.73. The number of hydrogen-bond acceptors (Lipinski definition) is 4. The first-order valence-electron chi connectivity index (χ1n) is 10.7. The predicted molar refractivity (Wildman–Crippen MR) is 137 cm³/mol. The van der Waals surface area contributed by atoms with E-state index in [4.69, 9.17) is 23.2 Å². The number of carbonyl (C=O) groups is 1. The van der Waals surface area contributed by atoms with Gasteiger partial charge in [0, 0.05) is 6.20 Å². The average molecular weight is 568 g/mol. The highest BCUT2D eigenvalue weighted by molar-refractivity contribution is 7.71. The second-order valence-electron chi connectivity index (χ2n) is 7.91. The number of carbonyl (C=O) groups excluding carboxylic acids is 1. The van der Waals surface area contributed by atoms with Crippen molar-refractivity contribution < 1.29 is 26.4 Å². The van der Waals surface area contributed by atoms with Crippen LogP contribution >= 0.6 is 23.2 Å². The van der Waals surface area contributed by atoms with Crippen LogP contribution in [0.3, 0.4) is 0 Å². The van der Waals surface area contributed by atoms with Crippen molar-refractivity contribution in [1.82, 2.24) is 14.9 Å². The van der Waals surface area contributed by atoms with Crippen LogP contribution in [0.2, 0.25) is 10.0 Å². The van der Waals surface area contributed by atoms with E-state index in [2.05, 4.69) is 4.98 Å². The second kappa shape index (κ2) is 11.0. The Morgan fingerprint density at radius 1 is 0.946 bits per heavy atom. The standard InChI is InChI=1S/C25H18Cl2F3N3O3S/c26-18-7-4-8-19(27)22(18)23-32-20(24(34)31-14-25(28,29)30)12-33(23)21-10-9-16(11-17(21)13-37(35)36)15-5-2-1-3-6-15/h1-12,37H,13-14H2,(H,31,34). The summed E-state index contributed by atoms with van der Waals surface area (Å²) in [6.45, 7) is -1.55. The molecule has 0 atom stereocenters. The molecule has 0 aliphatic heterocycles. The van der Waals surface area contributed by atoms with Crippen LogP contribution in [0.5, 0.6) is 0 Å². The molecule has 37 heavy (non-hydrogen) atoms. The molecule has 0 radical (unpaired) electrons. The van der Waals surface area contributed by atoms with Gasteiger partial charge in [-0.3, -0.25) is 9.36 Å². The van der Waals surface area contributed by atoms with Gasteiger partial charge in [0.05, 0.1) is 27.0 Å². The Hall–Kier alpha value is -3.34. The monoisotopic (exact) mass is 567 g/mol. The third kappa shape index (κ3) is 6.33. The second-order valence-corrected chi connectivity index (χ2v) is 9.71. The quantitative estimate of drug-likeness (QED) is 0.272. The number of halogens is 5. The smallest absolute Gasteiger partial charge is 0.342 e. The molecule has 0 fully saturated rings. The van der Waals surface area contributed by atoms with E-state index >= 15 is 0 Å². The molecule has 1 amide bonds. The molecule has 1 heterocycles. The van der Waals surface area contributed by atoms with Gasteiger partial charge < -0.3 is 5.32 Å². The third-order valence-corrected chi connectivity index (χ3v) is 6.55. The van der Waals surface area contributed by atoms with Crippen molar-refractivity contribution >= 4 is 39.8 Å². The lowest BCUT2D eigenvalue weighted by Gasteiger charge is -2.15. The number of aromatic nitrogens is 2. The van der Waals surface area contributed by atoms with E-state index in [0.717, 1.165) is 11.1 Å². The van der Waals surface area contributed by atoms with Crippen molar-refractivity contribution in [3.63, 3.8) is 0 Å². The molecule has 4 aromatic rings. The van der Waals surface area contributed by atoms with Gasteiger partial charge in [0.25, 0.3) is 5.91 Å². The Labute approximate surface area is 221 Å². The molecule has 0 aliphatic carbocycles. The van der Waals surface area contributed by atoms with Gasteiger partial charge in [-0.25, -0.2) is 13.4 Å². The van der Waals surface area contributed by atoms with Crippen LogP contribution in [0.1, 0.15) is 16.1 Å². The van der Waals surface area contributed by atoms with Crippen LogP contribution < -0.4 is 5.32 Å². The summed E-state index contributed by atoms with van der Waals surface area (Å²) in [5.74, 6) is -1.35. The molecule has 4 rings (SSSR count). The van der Waals surface area contributed by atoms with E-state index in [1.54, 1.807) is 41.7 Å². The number of hydrogen-bond donors (Lipinski definition) is 2. The summed E-state index contributed by atoms with van der Waals surface area (Å²) in [6.07, 6.45) is -3.40. The summed E-state index contributed by atoms with van der Waals surface area (Å²) >= 11 is 12.8. The summed E-state index contributed by atoms with van der Waals surface area (Å²) in [5, 5.41) is 2.15. The summed E-state index contributed by atoms with van der Waals surface area (Å²) in [7, 11) is -2.86. The lowest BCUT2D eigenvalue weighted by molar-refractivity contribution is -0.123. The lowest BCUT2D eigenvalue weighted by atomic mass is 10.0. The number of nitrogens with zero attached hydrogens (tertiary/aromatic N) is 2. The van der Waals surface area contributed by atoms with E-state index in [0.29, 0.717) is 11.3 Å². The number of imidazole rings is 1. The minimum Gasteiger partial charge on any atom is -0.342 e. The SMILES string of the molecule is O=C(NCC(F)(F)F)c1cn(-c2ccc(-c3ccccc3)cc2C[SH](=O)=O)c(-c2c(Cl)cccc2Cl)n1. The molecule has 0 saturated carbocycles. The van der Waals surface area contributed by atoms with Crippen molar-refractivity contribution in [2.45, 2.75) is 11.9 Å². The zero-order valence-electron chi connectivity index (χ0n) is 18.8. The number of benzene rings is 3. The Balaban J connectivity index is 1.91. The molecule has 0 bridgehead atoms. The Morgan fingerprint density at radius 3 is 2.24 bits per heavy atom. The largest absolute Gasteiger partial charge is 0.405 e. The highest BCUT2D eigenvalue weighted by Gasteiger charge is 2.29. The van der Waals surface area contributed by atoms with Crippen LogP contribution in [0.15, 0.2) is 72.9 Å². The summed E-state index contributed by atoms with van der Waals surface area (Å²) < 4.78 is 62.9. The first kappa shape index (κ1) is 26.7. The highest BCUT2D eigenvalue weighted by Crippen LogP contribution is 2.36. The molecule has 192 valence electrons. The van der Waals surface area contributed by atoms with Crippen LogP contribution in [-0.2, 0) is 16.5 Å². The molecule has 6 nitrogen and oxygen atoms in total. The van der Waals surface area contributed by atoms with Gasteiger partial charge in [0.15, 0.2) is 0 Å². The number of rotatable bonds is 7. The van der Waals surface area contributed by atoms with Crippen LogP contribution in [0.4, 0.5) is 13.2 Å². The molecular formula is C25H18Cl2F3N3O3S. The molecular weight excluding hydrogens is 550 g/mol. The fourth-order valence-corrected chi connectivity index (χ4v) is 4.83. The third-order valence-electron chi connectivity index (χ3n) is 5.32. The maximum atomic E-state index is 12.7. The summed E-state index contributed by atoms with van der Waals surface area (Å²) in [5.41, 5.74) is 2.21. The van der Waals surface area contributed by atoms with Crippen LogP contribution in [0, 0.1) is 0 Å². The van der Waals surface area contributed by atoms with Gasteiger partial charge in [-0.05, 0) is 41.0 Å². The highest BCUT2D eigenvalue weighted by atomic mass is 35.5. The van der Waals surface area contributed by atoms with Crippen LogP contribution in [0.25, 0.3) is 28.2 Å². The minimum atomic E-state index is -4.62. The van der Waals surface area contributed by atoms with Gasteiger partial charge in [-0.2, -0.15) is 13.2 Å². The number of thiol groups is 1. The van der Waals surface area contributed by atoms with Gasteiger partial charge >= 0.3 is 6.18 Å². The van der Waals surface area contributed by atoms with Crippen molar-refractivity contribution in [1.29, 1.82) is 0 Å². The maximum Gasteiger partial charge on any atom is 0.405 e. The normalized spacial score (nSPS) is 11.6. The number of nitrogens with one attached hydrogen (secondary N) is 1. The fraction of sp³-hybridized carbons (Fsp3) is 0.120. The molecule has 1 aromatic heterocycles. The molecule has 1 N–H and O–H groups in total. The van der Waals surface area contributed by atoms with E-state index in [1.807, 2.05) is 30.3 Å². The molecule has 0 aliphatic rings. The Bertz CT molecular complexity index is 1510. The van der Waals surface area contributed by atoms with E-state index < -0.39 is 29.3 Å². The number of amides is 1. The molecule has 0 spiro atoms. The van der Waals surface area contributed by atoms with Gasteiger partial charge in [0.1, 0.15) is 28.8 Å². The minimum absolute atomic E-state index is 0.0580. The lowest BCUT2D eigenvalue weighted by Crippen LogP contribution is -2.33. The molecule has 12 heteroatoms. The van der Waals surface area contributed by atoms with E-state index in [-0.39, 0.29) is 32.9 Å². The molecule has 0 unspecified atom stereocenters.